The van der Waals surface area contributed by atoms with Crippen LogP contribution in [0.4, 0.5) is 5.13 Å². The van der Waals surface area contributed by atoms with Gasteiger partial charge in [0.1, 0.15) is 0 Å². The molecular weight excluding hydrogens is 272 g/mol. The molecule has 5 nitrogen and oxygen atoms in total. The quantitative estimate of drug-likeness (QED) is 0.683. The van der Waals surface area contributed by atoms with E-state index in [1.54, 1.807) is 11.3 Å². The molecule has 1 amide bonds. The second kappa shape index (κ2) is 8.92. The number of anilines is 1. The Labute approximate surface area is 125 Å². The first-order valence-electron chi connectivity index (χ1n) is 7.26. The maximum Gasteiger partial charge on any atom is 0.222 e. The molecule has 20 heavy (non-hydrogen) atoms. The van der Waals surface area contributed by atoms with E-state index in [9.17, 15) is 4.79 Å². The predicted octanol–water partition coefficient (Wildman–Crippen LogP) is 1.85. The number of hydrogen-bond acceptors (Lipinski definition) is 5. The Morgan fingerprint density at radius 1 is 1.35 bits per heavy atom. The second-order valence-electron chi connectivity index (χ2n) is 4.90. The average Bonchev–Trinajstić information content (AvgIpc) is 2.88. The van der Waals surface area contributed by atoms with Crippen LogP contribution in [0.15, 0.2) is 6.20 Å². The van der Waals surface area contributed by atoms with E-state index in [4.69, 9.17) is 0 Å². The fourth-order valence-electron chi connectivity index (χ4n) is 1.71. The zero-order valence-electron chi connectivity index (χ0n) is 12.9. The zero-order chi connectivity index (χ0) is 15.0. The third-order valence-corrected chi connectivity index (χ3v) is 4.06. The van der Waals surface area contributed by atoms with Gasteiger partial charge in [-0.3, -0.25) is 4.79 Å². The van der Waals surface area contributed by atoms with Crippen LogP contribution in [-0.2, 0) is 11.3 Å². The van der Waals surface area contributed by atoms with Crippen molar-refractivity contribution >= 4 is 22.4 Å². The fourth-order valence-corrected chi connectivity index (χ4v) is 2.72. The lowest BCUT2D eigenvalue weighted by Gasteiger charge is -2.16. The zero-order valence-corrected chi connectivity index (χ0v) is 13.7. The molecule has 2 N–H and O–H groups in total. The summed E-state index contributed by atoms with van der Waals surface area (Å²) in [5.74, 6) is 0.154. The molecule has 0 aliphatic rings. The first kappa shape index (κ1) is 16.9. The van der Waals surface area contributed by atoms with Gasteiger partial charge in [0.2, 0.25) is 5.91 Å². The Kier molecular flexibility index (Phi) is 7.54. The summed E-state index contributed by atoms with van der Waals surface area (Å²) in [6, 6.07) is 0. The predicted molar refractivity (Wildman–Crippen MR) is 85.2 cm³/mol. The largest absolute Gasteiger partial charge is 0.355 e. The number of carbonyl (C=O) groups is 1. The van der Waals surface area contributed by atoms with Crippen LogP contribution in [0.1, 0.15) is 32.6 Å². The van der Waals surface area contributed by atoms with Gasteiger partial charge in [-0.05, 0) is 13.8 Å². The highest BCUT2D eigenvalue weighted by molar-refractivity contribution is 7.15. The van der Waals surface area contributed by atoms with Crippen molar-refractivity contribution in [2.75, 3.05) is 31.1 Å². The number of nitrogens with one attached hydrogen (secondary N) is 2. The molecule has 0 saturated carbocycles. The minimum atomic E-state index is 0.0492. The molecule has 0 fully saturated rings. The van der Waals surface area contributed by atoms with Crippen LogP contribution in [0.5, 0.6) is 0 Å². The summed E-state index contributed by atoms with van der Waals surface area (Å²) < 4.78 is 0. The number of nitrogens with zero attached hydrogens (tertiary/aromatic N) is 2. The van der Waals surface area contributed by atoms with E-state index in [1.165, 1.54) is 4.88 Å². The smallest absolute Gasteiger partial charge is 0.222 e. The third-order valence-electron chi connectivity index (χ3n) is 3.00. The number of aromatic nitrogens is 1. The van der Waals surface area contributed by atoms with Crippen LogP contribution in [-0.4, -0.2) is 37.1 Å². The van der Waals surface area contributed by atoms with Crippen LogP contribution < -0.4 is 15.5 Å². The Morgan fingerprint density at radius 3 is 2.65 bits per heavy atom. The molecule has 0 spiro atoms. The van der Waals surface area contributed by atoms with Crippen LogP contribution >= 0.6 is 11.3 Å². The van der Waals surface area contributed by atoms with E-state index in [0.29, 0.717) is 6.54 Å². The SMILES string of the molecule is CCN(CC)c1ncc(CNCCNC(=O)C(C)C)s1. The van der Waals surface area contributed by atoms with Crippen molar-refractivity contribution < 1.29 is 4.79 Å². The van der Waals surface area contributed by atoms with E-state index in [0.717, 1.165) is 31.3 Å². The Morgan fingerprint density at radius 2 is 2.05 bits per heavy atom. The number of hydrogen-bond donors (Lipinski definition) is 2. The highest BCUT2D eigenvalue weighted by Crippen LogP contribution is 2.21. The number of carbonyl (C=O) groups excluding carboxylic acids is 1. The van der Waals surface area contributed by atoms with Crippen molar-refractivity contribution in [3.63, 3.8) is 0 Å². The monoisotopic (exact) mass is 298 g/mol. The molecule has 0 bridgehead atoms. The van der Waals surface area contributed by atoms with E-state index in [2.05, 4.69) is 34.4 Å². The first-order valence-corrected chi connectivity index (χ1v) is 8.08. The molecule has 1 aromatic heterocycles. The van der Waals surface area contributed by atoms with E-state index >= 15 is 0 Å². The highest BCUT2D eigenvalue weighted by atomic mass is 32.1. The molecule has 0 aliphatic carbocycles. The van der Waals surface area contributed by atoms with Gasteiger partial charge in [0.15, 0.2) is 5.13 Å². The van der Waals surface area contributed by atoms with Gasteiger partial charge >= 0.3 is 0 Å². The summed E-state index contributed by atoms with van der Waals surface area (Å²) in [4.78, 5) is 19.3. The molecule has 0 aliphatic heterocycles. The summed E-state index contributed by atoms with van der Waals surface area (Å²) >= 11 is 1.72. The van der Waals surface area contributed by atoms with Crippen molar-refractivity contribution in [2.45, 2.75) is 34.2 Å². The van der Waals surface area contributed by atoms with Crippen LogP contribution in [0.2, 0.25) is 0 Å². The standard InChI is InChI=1S/C14H26N4OS/c1-5-18(6-2)14-17-10-12(20-14)9-15-7-8-16-13(19)11(3)4/h10-11,15H,5-9H2,1-4H3,(H,16,19). The van der Waals surface area contributed by atoms with Gasteiger partial charge in [-0.15, -0.1) is 11.3 Å². The fraction of sp³-hybridized carbons (Fsp3) is 0.714. The minimum Gasteiger partial charge on any atom is -0.355 e. The van der Waals surface area contributed by atoms with Crippen molar-refractivity contribution in [3.8, 4) is 0 Å². The van der Waals surface area contributed by atoms with Gasteiger partial charge < -0.3 is 15.5 Å². The molecule has 1 heterocycles. The molecule has 114 valence electrons. The summed E-state index contributed by atoms with van der Waals surface area (Å²) in [5, 5.41) is 7.29. The van der Waals surface area contributed by atoms with Gasteiger partial charge in [-0.1, -0.05) is 13.8 Å². The van der Waals surface area contributed by atoms with Gasteiger partial charge in [-0.25, -0.2) is 4.98 Å². The molecule has 6 heteroatoms. The van der Waals surface area contributed by atoms with Crippen molar-refractivity contribution in [1.82, 2.24) is 15.6 Å². The molecule has 0 aromatic carbocycles. The highest BCUT2D eigenvalue weighted by Gasteiger charge is 2.07. The number of thiazole rings is 1. The molecule has 1 aromatic rings. The molecule has 0 saturated heterocycles. The van der Waals surface area contributed by atoms with Gasteiger partial charge in [0.25, 0.3) is 0 Å². The van der Waals surface area contributed by atoms with Crippen LogP contribution in [0.25, 0.3) is 0 Å². The maximum atomic E-state index is 11.4. The lowest BCUT2D eigenvalue weighted by Crippen LogP contribution is -2.33. The van der Waals surface area contributed by atoms with Gasteiger partial charge in [0, 0.05) is 49.7 Å². The number of amides is 1. The lowest BCUT2D eigenvalue weighted by atomic mass is 10.2. The maximum absolute atomic E-state index is 11.4. The van der Waals surface area contributed by atoms with Crippen molar-refractivity contribution in [1.29, 1.82) is 0 Å². The summed E-state index contributed by atoms with van der Waals surface area (Å²) in [6.45, 7) is 12.3. The van der Waals surface area contributed by atoms with Crippen LogP contribution in [0.3, 0.4) is 0 Å². The molecule has 0 unspecified atom stereocenters. The normalized spacial score (nSPS) is 10.8. The van der Waals surface area contributed by atoms with E-state index in [1.807, 2.05) is 20.0 Å². The Bertz CT molecular complexity index is 402. The minimum absolute atomic E-state index is 0.0492. The number of rotatable bonds is 9. The molecule has 1 rings (SSSR count). The average molecular weight is 298 g/mol. The second-order valence-corrected chi connectivity index (χ2v) is 6.00. The van der Waals surface area contributed by atoms with E-state index < -0.39 is 0 Å². The summed E-state index contributed by atoms with van der Waals surface area (Å²) in [6.07, 6.45) is 1.93. The van der Waals surface area contributed by atoms with Crippen molar-refractivity contribution in [3.05, 3.63) is 11.1 Å². The summed E-state index contributed by atoms with van der Waals surface area (Å²) in [7, 11) is 0. The molecular formula is C14H26N4OS. The summed E-state index contributed by atoms with van der Waals surface area (Å²) in [5.41, 5.74) is 0. The van der Waals surface area contributed by atoms with Gasteiger partial charge in [-0.2, -0.15) is 0 Å². The lowest BCUT2D eigenvalue weighted by molar-refractivity contribution is -0.123. The Hall–Kier alpha value is -1.14. The van der Waals surface area contributed by atoms with Gasteiger partial charge in [0.05, 0.1) is 0 Å². The van der Waals surface area contributed by atoms with Crippen LogP contribution in [0, 0.1) is 5.92 Å². The third kappa shape index (κ3) is 5.46. The molecule has 0 atom stereocenters. The first-order chi connectivity index (χ1) is 9.58. The topological polar surface area (TPSA) is 57.3 Å². The van der Waals surface area contributed by atoms with E-state index in [-0.39, 0.29) is 11.8 Å². The molecule has 0 radical (unpaired) electrons. The Balaban J connectivity index is 2.24. The van der Waals surface area contributed by atoms with Crippen molar-refractivity contribution in [2.24, 2.45) is 5.92 Å².